The van der Waals surface area contributed by atoms with Gasteiger partial charge in [-0.05, 0) is 55.5 Å². The van der Waals surface area contributed by atoms with Gasteiger partial charge in [-0.1, -0.05) is 24.3 Å². The van der Waals surface area contributed by atoms with Gasteiger partial charge in [0.15, 0.2) is 0 Å². The quantitative estimate of drug-likeness (QED) is 0.531. The van der Waals surface area contributed by atoms with E-state index in [0.717, 1.165) is 22.8 Å². The Morgan fingerprint density at radius 3 is 2.46 bits per heavy atom. The smallest absolute Gasteiger partial charge is 0.319 e. The Balaban J connectivity index is 1.34. The summed E-state index contributed by atoms with van der Waals surface area (Å²) >= 11 is 0. The molecule has 2 heterocycles. The minimum Gasteiger partial charge on any atom is -0.457 e. The summed E-state index contributed by atoms with van der Waals surface area (Å²) < 4.78 is 7.75. The van der Waals surface area contributed by atoms with E-state index in [1.165, 1.54) is 0 Å². The molecule has 4 aromatic rings. The lowest BCUT2D eigenvalue weighted by atomic mass is 10.3. The molecule has 0 saturated heterocycles. The van der Waals surface area contributed by atoms with Crippen molar-refractivity contribution in [2.75, 3.05) is 5.32 Å². The Morgan fingerprint density at radius 2 is 1.68 bits per heavy atom. The van der Waals surface area contributed by atoms with Gasteiger partial charge >= 0.3 is 6.03 Å². The average molecular weight is 372 g/mol. The molecule has 2 aromatic carbocycles. The number of aryl methyl sites for hydroxylation is 1. The Hall–Kier alpha value is -3.80. The Bertz CT molecular complexity index is 1090. The molecule has 0 aliphatic rings. The van der Waals surface area contributed by atoms with Crippen LogP contribution in [0.1, 0.15) is 11.5 Å². The largest absolute Gasteiger partial charge is 0.457 e. The number of imidazole rings is 1. The Kier molecular flexibility index (Phi) is 4.93. The third-order valence-corrected chi connectivity index (χ3v) is 4.31. The van der Waals surface area contributed by atoms with E-state index >= 15 is 0 Å². The lowest BCUT2D eigenvalue weighted by molar-refractivity contribution is 0.251. The molecule has 0 fully saturated rings. The SMILES string of the molecule is Cc1nc(CNC(=O)Nc2ccc(Oc3ccccc3)cc2)c2ccccn12. The van der Waals surface area contributed by atoms with Crippen LogP contribution in [0.3, 0.4) is 0 Å². The maximum absolute atomic E-state index is 12.2. The molecule has 140 valence electrons. The standard InChI is InChI=1S/C22H20N4O2/c1-16-24-20(21-9-5-6-14-26(16)21)15-23-22(27)25-17-10-12-19(13-11-17)28-18-7-3-2-4-8-18/h2-14H,15H2,1H3,(H2,23,25,27). The van der Waals surface area contributed by atoms with Crippen LogP contribution in [0.25, 0.3) is 5.52 Å². The zero-order valence-corrected chi connectivity index (χ0v) is 15.4. The molecule has 28 heavy (non-hydrogen) atoms. The fraction of sp³-hybridized carbons (Fsp3) is 0.0909. The molecular weight excluding hydrogens is 352 g/mol. The van der Waals surface area contributed by atoms with E-state index in [1.54, 1.807) is 12.1 Å². The van der Waals surface area contributed by atoms with Crippen LogP contribution in [0.4, 0.5) is 10.5 Å². The first kappa shape index (κ1) is 17.6. The number of amides is 2. The van der Waals surface area contributed by atoms with Crippen LogP contribution in [-0.4, -0.2) is 15.4 Å². The fourth-order valence-electron chi connectivity index (χ4n) is 2.97. The van der Waals surface area contributed by atoms with Crippen LogP contribution in [0.15, 0.2) is 79.0 Å². The zero-order chi connectivity index (χ0) is 19.3. The van der Waals surface area contributed by atoms with Crippen molar-refractivity contribution in [2.24, 2.45) is 0 Å². The van der Waals surface area contributed by atoms with Crippen LogP contribution < -0.4 is 15.4 Å². The van der Waals surface area contributed by atoms with Gasteiger partial charge in [0, 0.05) is 11.9 Å². The number of para-hydroxylation sites is 1. The number of urea groups is 1. The first-order valence-corrected chi connectivity index (χ1v) is 8.99. The summed E-state index contributed by atoms with van der Waals surface area (Å²) in [5.41, 5.74) is 2.51. The monoisotopic (exact) mass is 372 g/mol. The van der Waals surface area contributed by atoms with Gasteiger partial charge in [-0.3, -0.25) is 0 Å². The lowest BCUT2D eigenvalue weighted by Gasteiger charge is -2.09. The van der Waals surface area contributed by atoms with Crippen LogP contribution in [0.5, 0.6) is 11.5 Å². The number of rotatable bonds is 5. The predicted octanol–water partition coefficient (Wildman–Crippen LogP) is 4.76. The highest BCUT2D eigenvalue weighted by Gasteiger charge is 2.09. The minimum atomic E-state index is -0.286. The zero-order valence-electron chi connectivity index (χ0n) is 15.4. The minimum absolute atomic E-state index is 0.286. The highest BCUT2D eigenvalue weighted by Crippen LogP contribution is 2.22. The third-order valence-electron chi connectivity index (χ3n) is 4.31. The molecule has 4 rings (SSSR count). The average Bonchev–Trinajstić information content (AvgIpc) is 3.05. The number of aromatic nitrogens is 2. The second-order valence-corrected chi connectivity index (χ2v) is 6.31. The van der Waals surface area contributed by atoms with Crippen molar-refractivity contribution in [3.63, 3.8) is 0 Å². The first-order valence-electron chi connectivity index (χ1n) is 8.99. The number of hydrogen-bond donors (Lipinski definition) is 2. The predicted molar refractivity (Wildman–Crippen MR) is 109 cm³/mol. The Morgan fingerprint density at radius 1 is 0.964 bits per heavy atom. The summed E-state index contributed by atoms with van der Waals surface area (Å²) in [5.74, 6) is 2.36. The van der Waals surface area contributed by atoms with Crippen LogP contribution >= 0.6 is 0 Å². The summed E-state index contributed by atoms with van der Waals surface area (Å²) in [5, 5.41) is 5.67. The second-order valence-electron chi connectivity index (χ2n) is 6.31. The number of anilines is 1. The molecule has 0 aliphatic carbocycles. The summed E-state index contributed by atoms with van der Waals surface area (Å²) in [4.78, 5) is 16.7. The first-order chi connectivity index (χ1) is 13.7. The maximum atomic E-state index is 12.2. The van der Waals surface area contributed by atoms with Crippen molar-refractivity contribution in [1.82, 2.24) is 14.7 Å². The topological polar surface area (TPSA) is 67.7 Å². The number of nitrogens with zero attached hydrogens (tertiary/aromatic N) is 2. The number of pyridine rings is 1. The van der Waals surface area contributed by atoms with Crippen molar-refractivity contribution in [2.45, 2.75) is 13.5 Å². The molecule has 0 spiro atoms. The molecule has 0 atom stereocenters. The number of fused-ring (bicyclic) bond motifs is 1. The maximum Gasteiger partial charge on any atom is 0.319 e. The normalized spacial score (nSPS) is 10.6. The van der Waals surface area contributed by atoms with Crippen molar-refractivity contribution >= 4 is 17.2 Å². The molecule has 6 heteroatoms. The summed E-state index contributed by atoms with van der Waals surface area (Å²) in [6, 6.07) is 22.4. The highest BCUT2D eigenvalue weighted by molar-refractivity contribution is 5.89. The number of hydrogen-bond acceptors (Lipinski definition) is 3. The van der Waals surface area contributed by atoms with Crippen LogP contribution in [-0.2, 0) is 6.54 Å². The summed E-state index contributed by atoms with van der Waals surface area (Å²) in [7, 11) is 0. The fourth-order valence-corrected chi connectivity index (χ4v) is 2.97. The van der Waals surface area contributed by atoms with Crippen LogP contribution in [0, 0.1) is 6.92 Å². The van der Waals surface area contributed by atoms with Gasteiger partial charge in [-0.15, -0.1) is 0 Å². The molecule has 2 N–H and O–H groups in total. The molecule has 0 bridgehead atoms. The van der Waals surface area contributed by atoms with E-state index < -0.39 is 0 Å². The van der Waals surface area contributed by atoms with Gasteiger partial charge in [-0.2, -0.15) is 0 Å². The Labute approximate surface area is 162 Å². The van der Waals surface area contributed by atoms with E-state index in [4.69, 9.17) is 4.74 Å². The van der Waals surface area contributed by atoms with E-state index in [2.05, 4.69) is 15.6 Å². The van der Waals surface area contributed by atoms with E-state index in [-0.39, 0.29) is 6.03 Å². The molecule has 0 aliphatic heterocycles. The van der Waals surface area contributed by atoms with Crippen LogP contribution in [0.2, 0.25) is 0 Å². The summed E-state index contributed by atoms with van der Waals surface area (Å²) in [6.45, 7) is 2.29. The van der Waals surface area contributed by atoms with Crippen molar-refractivity contribution in [1.29, 1.82) is 0 Å². The molecular formula is C22H20N4O2. The van der Waals surface area contributed by atoms with Gasteiger partial charge in [0.1, 0.15) is 17.3 Å². The van der Waals surface area contributed by atoms with E-state index in [9.17, 15) is 4.79 Å². The molecule has 0 radical (unpaired) electrons. The van der Waals surface area contributed by atoms with E-state index in [1.807, 2.05) is 78.2 Å². The number of carbonyl (C=O) groups is 1. The lowest BCUT2D eigenvalue weighted by Crippen LogP contribution is -2.28. The highest BCUT2D eigenvalue weighted by atomic mass is 16.5. The molecule has 0 saturated carbocycles. The number of carbonyl (C=O) groups excluding carboxylic acids is 1. The second kappa shape index (κ2) is 7.84. The number of ether oxygens (including phenoxy) is 1. The molecule has 2 aromatic heterocycles. The van der Waals surface area contributed by atoms with Gasteiger partial charge in [0.2, 0.25) is 0 Å². The van der Waals surface area contributed by atoms with Gasteiger partial charge in [0.25, 0.3) is 0 Å². The van der Waals surface area contributed by atoms with Crippen molar-refractivity contribution in [3.05, 3.63) is 90.5 Å². The molecule has 2 amide bonds. The third kappa shape index (κ3) is 3.96. The number of benzene rings is 2. The molecule has 6 nitrogen and oxygen atoms in total. The van der Waals surface area contributed by atoms with E-state index in [0.29, 0.717) is 18.0 Å². The van der Waals surface area contributed by atoms with Gasteiger partial charge in [0.05, 0.1) is 17.8 Å². The molecule has 0 unspecified atom stereocenters. The van der Waals surface area contributed by atoms with Gasteiger partial charge in [-0.25, -0.2) is 9.78 Å². The van der Waals surface area contributed by atoms with Gasteiger partial charge < -0.3 is 19.8 Å². The summed E-state index contributed by atoms with van der Waals surface area (Å²) in [6.07, 6.45) is 1.96. The van der Waals surface area contributed by atoms with Crippen molar-refractivity contribution in [3.8, 4) is 11.5 Å². The van der Waals surface area contributed by atoms with Crippen molar-refractivity contribution < 1.29 is 9.53 Å². The number of nitrogens with one attached hydrogen (secondary N) is 2.